The molecule has 4 rings (SSSR count). The molecule has 4 aromatic carbocycles. The summed E-state index contributed by atoms with van der Waals surface area (Å²) < 4.78 is 16.5. The number of esters is 1. The van der Waals surface area contributed by atoms with Crippen molar-refractivity contribution in [2.45, 2.75) is 59.1 Å². The first-order valence-corrected chi connectivity index (χ1v) is 17.4. The van der Waals surface area contributed by atoms with Crippen LogP contribution in [0.15, 0.2) is 97.1 Å². The van der Waals surface area contributed by atoms with E-state index in [1.165, 1.54) is 6.42 Å². The molecular weight excluding hydrogens is 637 g/mol. The Bertz CT molecular complexity index is 1530. The molecule has 1 N–H and O–H groups in total. The molecule has 0 atom stereocenters. The van der Waals surface area contributed by atoms with Gasteiger partial charge in [-0.25, -0.2) is 4.79 Å². The highest BCUT2D eigenvalue weighted by Gasteiger charge is 2.12. The van der Waals surface area contributed by atoms with Gasteiger partial charge in [0.05, 0.1) is 12.7 Å². The first-order valence-electron chi connectivity index (χ1n) is 16.8. The minimum Gasteiger partial charge on any atom is -0.497 e. The predicted molar refractivity (Wildman–Crippen MR) is 199 cm³/mol. The summed E-state index contributed by atoms with van der Waals surface area (Å²) in [5, 5.41) is 0. The first-order chi connectivity index (χ1) is 23.9. The Hall–Kier alpha value is -4.31. The lowest BCUT2D eigenvalue weighted by Gasteiger charge is -2.23. The highest BCUT2D eigenvalue weighted by molar-refractivity contribution is 7.80. The monoisotopic (exact) mass is 686 g/mol. The zero-order valence-electron chi connectivity index (χ0n) is 29.2. The second-order valence-corrected chi connectivity index (χ2v) is 11.7. The van der Waals surface area contributed by atoms with Crippen LogP contribution in [0.3, 0.4) is 0 Å². The number of benzene rings is 4. The summed E-state index contributed by atoms with van der Waals surface area (Å²) in [4.78, 5) is 31.0. The maximum atomic E-state index is 12.0. The summed E-state index contributed by atoms with van der Waals surface area (Å²) >= 11 is 3.96. The minimum atomic E-state index is -0.427. The highest BCUT2D eigenvalue weighted by Crippen LogP contribution is 2.25. The molecule has 0 spiro atoms. The third-order valence-corrected chi connectivity index (χ3v) is 7.69. The molecule has 49 heavy (non-hydrogen) atoms. The number of hydrogen-bond acceptors (Lipinski definition) is 9. The van der Waals surface area contributed by atoms with E-state index < -0.39 is 5.97 Å². The van der Waals surface area contributed by atoms with Crippen molar-refractivity contribution >= 4 is 24.6 Å². The summed E-state index contributed by atoms with van der Waals surface area (Å²) in [6, 6.07) is 32.0. The molecule has 0 aromatic heterocycles. The predicted octanol–water partition coefficient (Wildman–Crippen LogP) is 8.29. The molecule has 4 aromatic rings. The third-order valence-electron chi connectivity index (χ3n) is 7.56. The molecule has 262 valence electrons. The Labute approximate surface area is 297 Å². The number of nitrogens with one attached hydrogen (secondary N) is 1. The fraction of sp³-hybridized carbons (Fsp3) is 0.350. The number of ether oxygens (including phenoxy) is 3. The summed E-state index contributed by atoms with van der Waals surface area (Å²) in [5.74, 6) is 1.14. The van der Waals surface area contributed by atoms with Crippen molar-refractivity contribution in [3.05, 3.63) is 119 Å². The number of hydroxylamine groups is 1. The summed E-state index contributed by atoms with van der Waals surface area (Å²) in [6.45, 7) is 7.02. The third kappa shape index (κ3) is 14.0. The SMILES string of the molecule is CCC.CNOC(=O)c1ccc(CN(CCCCC(=O)OCS)CCc2ccccc2OCc2ccc(-c3ccc(OC)cc3)cc2)cc1. The van der Waals surface area contributed by atoms with Gasteiger partial charge in [0.1, 0.15) is 24.0 Å². The van der Waals surface area contributed by atoms with Gasteiger partial charge in [-0.2, -0.15) is 5.48 Å². The topological polar surface area (TPSA) is 86.3 Å². The molecule has 0 heterocycles. The minimum absolute atomic E-state index is 0.0965. The molecule has 0 aliphatic heterocycles. The van der Waals surface area contributed by atoms with Gasteiger partial charge in [0.25, 0.3) is 0 Å². The summed E-state index contributed by atoms with van der Waals surface area (Å²) in [7, 11) is 3.22. The van der Waals surface area contributed by atoms with E-state index in [0.29, 0.717) is 25.1 Å². The molecular formula is C40H50N2O6S. The largest absolute Gasteiger partial charge is 0.497 e. The number of thiol groups is 1. The van der Waals surface area contributed by atoms with Gasteiger partial charge in [-0.1, -0.05) is 87.0 Å². The van der Waals surface area contributed by atoms with Crippen molar-refractivity contribution in [3.8, 4) is 22.6 Å². The van der Waals surface area contributed by atoms with Gasteiger partial charge in [0, 0.05) is 26.6 Å². The van der Waals surface area contributed by atoms with Gasteiger partial charge in [-0.15, -0.1) is 12.6 Å². The Kier molecular flexibility index (Phi) is 17.8. The van der Waals surface area contributed by atoms with Crippen molar-refractivity contribution in [3.63, 3.8) is 0 Å². The van der Waals surface area contributed by atoms with E-state index in [1.54, 1.807) is 26.3 Å². The van der Waals surface area contributed by atoms with Crippen LogP contribution in [0.2, 0.25) is 0 Å². The quantitative estimate of drug-likeness (QED) is 0.0356. The number of unbranched alkanes of at least 4 members (excludes halogenated alkanes) is 1. The number of nitrogens with zero attached hydrogens (tertiary/aromatic N) is 1. The van der Waals surface area contributed by atoms with Crippen LogP contribution in [-0.4, -0.2) is 50.0 Å². The number of rotatable bonds is 18. The zero-order chi connectivity index (χ0) is 35.3. The van der Waals surface area contributed by atoms with E-state index in [4.69, 9.17) is 19.0 Å². The van der Waals surface area contributed by atoms with Crippen LogP contribution >= 0.6 is 12.6 Å². The van der Waals surface area contributed by atoms with Crippen molar-refractivity contribution in [1.82, 2.24) is 10.4 Å². The average molecular weight is 687 g/mol. The summed E-state index contributed by atoms with van der Waals surface area (Å²) in [5.41, 5.74) is 8.47. The maximum absolute atomic E-state index is 12.0. The smallest absolute Gasteiger partial charge is 0.356 e. The Morgan fingerprint density at radius 2 is 1.43 bits per heavy atom. The lowest BCUT2D eigenvalue weighted by molar-refractivity contribution is -0.141. The maximum Gasteiger partial charge on any atom is 0.356 e. The number of carbonyl (C=O) groups is 2. The van der Waals surface area contributed by atoms with E-state index in [9.17, 15) is 9.59 Å². The number of para-hydroxylation sites is 1. The molecule has 0 unspecified atom stereocenters. The van der Waals surface area contributed by atoms with E-state index in [-0.39, 0.29) is 11.9 Å². The van der Waals surface area contributed by atoms with E-state index in [1.807, 2.05) is 42.5 Å². The molecule has 0 saturated carbocycles. The van der Waals surface area contributed by atoms with Gasteiger partial charge in [-0.05, 0) is 84.0 Å². The fourth-order valence-corrected chi connectivity index (χ4v) is 5.19. The van der Waals surface area contributed by atoms with E-state index in [0.717, 1.165) is 71.7 Å². The van der Waals surface area contributed by atoms with Gasteiger partial charge >= 0.3 is 11.9 Å². The molecule has 0 aliphatic rings. The van der Waals surface area contributed by atoms with Crippen LogP contribution in [0, 0.1) is 0 Å². The lowest BCUT2D eigenvalue weighted by atomic mass is 10.0. The van der Waals surface area contributed by atoms with Crippen LogP contribution in [0.4, 0.5) is 0 Å². The Morgan fingerprint density at radius 3 is 2.06 bits per heavy atom. The zero-order valence-corrected chi connectivity index (χ0v) is 30.0. The van der Waals surface area contributed by atoms with Crippen LogP contribution in [0.1, 0.15) is 66.6 Å². The van der Waals surface area contributed by atoms with E-state index >= 15 is 0 Å². The Balaban J connectivity index is 0.00000209. The molecule has 0 saturated heterocycles. The molecule has 0 fully saturated rings. The van der Waals surface area contributed by atoms with Crippen molar-refractivity contribution in [1.29, 1.82) is 0 Å². The highest BCUT2D eigenvalue weighted by atomic mass is 32.1. The van der Waals surface area contributed by atoms with Crippen LogP contribution in [0.25, 0.3) is 11.1 Å². The van der Waals surface area contributed by atoms with Gasteiger partial charge in [0.2, 0.25) is 0 Å². The molecule has 9 heteroatoms. The number of carbonyl (C=O) groups excluding carboxylic acids is 2. The molecule has 0 bridgehead atoms. The van der Waals surface area contributed by atoms with Crippen LogP contribution < -0.4 is 15.0 Å². The summed E-state index contributed by atoms with van der Waals surface area (Å²) in [6.07, 6.45) is 3.99. The second kappa shape index (κ2) is 22.3. The van der Waals surface area contributed by atoms with Crippen LogP contribution in [-0.2, 0) is 33.9 Å². The van der Waals surface area contributed by atoms with Crippen LogP contribution in [0.5, 0.6) is 11.5 Å². The standard InChI is InChI=1S/C37H42N2O6S.C3H8/c1-38-45-37(41)33-16-10-28(11-17-33)25-39(23-6-5-9-36(40)44-27-46)24-22-32-7-3-4-8-35(32)43-26-29-12-14-30(15-13-29)31-18-20-34(42-2)21-19-31;1-3-2/h3-4,7-8,10-21,38,46H,5-6,9,22-27H2,1-2H3;3H2,1-2H3. The van der Waals surface area contributed by atoms with Crippen molar-refractivity contribution in [2.75, 3.05) is 33.2 Å². The van der Waals surface area contributed by atoms with Crippen molar-refractivity contribution in [2.24, 2.45) is 0 Å². The number of methoxy groups -OCH3 is 1. The number of hydrogen-bond donors (Lipinski definition) is 2. The fourth-order valence-electron chi connectivity index (χ4n) is 5.04. The second-order valence-electron chi connectivity index (χ2n) is 11.4. The van der Waals surface area contributed by atoms with Gasteiger partial charge in [0.15, 0.2) is 0 Å². The molecule has 0 amide bonds. The van der Waals surface area contributed by atoms with Gasteiger partial charge < -0.3 is 19.0 Å². The van der Waals surface area contributed by atoms with E-state index in [2.05, 4.69) is 79.3 Å². The molecule has 8 nitrogen and oxygen atoms in total. The molecule has 0 aliphatic carbocycles. The normalized spacial score (nSPS) is 10.6. The van der Waals surface area contributed by atoms with Gasteiger partial charge in [-0.3, -0.25) is 9.69 Å². The van der Waals surface area contributed by atoms with Crippen molar-refractivity contribution < 1.29 is 28.6 Å². The molecule has 0 radical (unpaired) electrons. The lowest BCUT2D eigenvalue weighted by Crippen LogP contribution is -2.27. The Morgan fingerprint density at radius 1 is 0.796 bits per heavy atom. The average Bonchev–Trinajstić information content (AvgIpc) is 3.13. The first kappa shape index (κ1) is 39.1.